The monoisotopic (exact) mass is 198 g/mol. The number of unbranched alkanes of at least 4 members (excludes halogenated alkanes) is 2. The molecule has 0 aliphatic rings. The topological polar surface area (TPSA) is 18.5 Å². The van der Waals surface area contributed by atoms with Crippen molar-refractivity contribution in [3.8, 4) is 0 Å². The van der Waals surface area contributed by atoms with Crippen molar-refractivity contribution in [2.75, 3.05) is 13.2 Å². The van der Waals surface area contributed by atoms with E-state index in [1.54, 1.807) is 0 Å². The van der Waals surface area contributed by atoms with Crippen LogP contribution < -0.4 is 0 Å². The Kier molecular flexibility index (Phi) is 11.1. The predicted molar refractivity (Wildman–Crippen MR) is 60.7 cm³/mol. The summed E-state index contributed by atoms with van der Waals surface area (Å²) in [5, 5.41) is 0. The van der Waals surface area contributed by atoms with Gasteiger partial charge in [0.05, 0.1) is 7.85 Å². The molecule has 0 spiro atoms. The van der Waals surface area contributed by atoms with Gasteiger partial charge < -0.3 is 9.47 Å². The molecule has 0 saturated heterocycles. The Labute approximate surface area is 89.8 Å². The molecule has 0 atom stereocenters. The minimum Gasteiger partial charge on any atom is -0.353 e. The number of ether oxygens (including phenoxy) is 2. The molecular weight excluding hydrogens is 175 g/mol. The van der Waals surface area contributed by atoms with Crippen LogP contribution in [0, 0.1) is 0 Å². The summed E-state index contributed by atoms with van der Waals surface area (Å²) in [5.74, 6) is 0. The van der Waals surface area contributed by atoms with Crippen molar-refractivity contribution >= 4 is 7.85 Å². The molecule has 82 valence electrons. The van der Waals surface area contributed by atoms with Crippen molar-refractivity contribution in [3.63, 3.8) is 0 Å². The average Bonchev–Trinajstić information content (AvgIpc) is 2.18. The molecule has 2 radical (unpaired) electrons. The van der Waals surface area contributed by atoms with Crippen LogP contribution in [0.25, 0.3) is 0 Å². The minimum atomic E-state index is -0.0851. The molecule has 0 unspecified atom stereocenters. The van der Waals surface area contributed by atoms with Crippen LogP contribution in [-0.2, 0) is 9.47 Å². The molecule has 14 heavy (non-hydrogen) atoms. The van der Waals surface area contributed by atoms with Gasteiger partial charge in [-0.3, -0.25) is 0 Å². The molecule has 2 nitrogen and oxygen atoms in total. The molecule has 3 heteroatoms. The summed E-state index contributed by atoms with van der Waals surface area (Å²) in [4.78, 5) is 0. The van der Waals surface area contributed by atoms with Gasteiger partial charge in [-0.1, -0.05) is 33.0 Å². The first-order valence-corrected chi connectivity index (χ1v) is 5.78. The molecule has 0 aromatic rings. The van der Waals surface area contributed by atoms with Gasteiger partial charge >= 0.3 is 0 Å². The molecule has 0 aliphatic carbocycles. The minimum absolute atomic E-state index is 0.0851. The second kappa shape index (κ2) is 11.1. The Morgan fingerprint density at radius 1 is 1.00 bits per heavy atom. The van der Waals surface area contributed by atoms with E-state index in [0.29, 0.717) is 6.32 Å². The highest BCUT2D eigenvalue weighted by atomic mass is 16.7. The third kappa shape index (κ3) is 8.58. The van der Waals surface area contributed by atoms with Crippen LogP contribution in [0.15, 0.2) is 0 Å². The largest absolute Gasteiger partial charge is 0.353 e. The lowest BCUT2D eigenvalue weighted by atomic mass is 10.0. The lowest BCUT2D eigenvalue weighted by Gasteiger charge is -2.17. The van der Waals surface area contributed by atoms with E-state index in [0.717, 1.165) is 45.3 Å². The fraction of sp³-hybridized carbons (Fsp3) is 1.00. The Bertz CT molecular complexity index is 99.5. The summed E-state index contributed by atoms with van der Waals surface area (Å²) in [6, 6.07) is 0. The Hall–Kier alpha value is -0.0151. The molecule has 0 bridgehead atoms. The third-order valence-corrected chi connectivity index (χ3v) is 2.01. The molecule has 0 N–H and O–H groups in total. The predicted octanol–water partition coefficient (Wildman–Crippen LogP) is 2.92. The lowest BCUT2D eigenvalue weighted by molar-refractivity contribution is -0.144. The highest BCUT2D eigenvalue weighted by Gasteiger charge is 2.06. The van der Waals surface area contributed by atoms with Gasteiger partial charge in [0.15, 0.2) is 6.29 Å². The summed E-state index contributed by atoms with van der Waals surface area (Å²) in [6.45, 7) is 5.87. The normalized spacial score (nSPS) is 11.1. The zero-order chi connectivity index (χ0) is 10.6. The van der Waals surface area contributed by atoms with E-state index in [1.807, 2.05) is 0 Å². The van der Waals surface area contributed by atoms with E-state index in [4.69, 9.17) is 17.3 Å². The van der Waals surface area contributed by atoms with Gasteiger partial charge in [-0.25, -0.2) is 0 Å². The number of hydrogen-bond donors (Lipinski definition) is 0. The van der Waals surface area contributed by atoms with Gasteiger partial charge in [-0.2, -0.15) is 0 Å². The third-order valence-electron chi connectivity index (χ3n) is 2.01. The van der Waals surface area contributed by atoms with Crippen LogP contribution in [0.4, 0.5) is 0 Å². The quantitative estimate of drug-likeness (QED) is 0.305. The molecule has 0 amide bonds. The first-order valence-electron chi connectivity index (χ1n) is 5.78. The van der Waals surface area contributed by atoms with Crippen molar-refractivity contribution < 1.29 is 9.47 Å². The standard InChI is InChI=1S/C11H23BO2/c1-3-5-9-13-11(7-8-12)14-10-6-4-2/h11H,3-10H2,1-2H3. The maximum absolute atomic E-state index is 5.57. The first kappa shape index (κ1) is 14.0. The van der Waals surface area contributed by atoms with Crippen LogP contribution in [-0.4, -0.2) is 27.4 Å². The summed E-state index contributed by atoms with van der Waals surface area (Å²) in [5.41, 5.74) is 0. The summed E-state index contributed by atoms with van der Waals surface area (Å²) < 4.78 is 11.1. The van der Waals surface area contributed by atoms with Crippen LogP contribution in [0.2, 0.25) is 6.32 Å². The van der Waals surface area contributed by atoms with Gasteiger partial charge in [0.2, 0.25) is 0 Å². The molecule has 0 saturated carbocycles. The van der Waals surface area contributed by atoms with Crippen molar-refractivity contribution in [2.24, 2.45) is 0 Å². The Morgan fingerprint density at radius 3 is 1.86 bits per heavy atom. The lowest BCUT2D eigenvalue weighted by Crippen LogP contribution is -2.18. The Balaban J connectivity index is 3.44. The smallest absolute Gasteiger partial charge is 0.156 e. The second-order valence-electron chi connectivity index (χ2n) is 3.46. The van der Waals surface area contributed by atoms with Crippen LogP contribution in [0.5, 0.6) is 0 Å². The van der Waals surface area contributed by atoms with Crippen molar-refractivity contribution in [1.29, 1.82) is 0 Å². The highest BCUT2D eigenvalue weighted by molar-refractivity contribution is 6.08. The second-order valence-corrected chi connectivity index (χ2v) is 3.46. The molecular formula is C11H23BO2. The zero-order valence-electron chi connectivity index (χ0n) is 9.63. The van der Waals surface area contributed by atoms with Gasteiger partial charge in [0.25, 0.3) is 0 Å². The molecule has 0 fully saturated rings. The SMILES string of the molecule is [B]CCC(OCCCC)OCCCC. The fourth-order valence-electron chi connectivity index (χ4n) is 1.07. The number of rotatable bonds is 10. The van der Waals surface area contributed by atoms with E-state index in [9.17, 15) is 0 Å². The molecule has 0 heterocycles. The van der Waals surface area contributed by atoms with E-state index in [2.05, 4.69) is 13.8 Å². The molecule has 0 aliphatic heterocycles. The summed E-state index contributed by atoms with van der Waals surface area (Å²) in [7, 11) is 5.48. The Morgan fingerprint density at radius 2 is 1.50 bits per heavy atom. The summed E-state index contributed by atoms with van der Waals surface area (Å²) in [6.07, 6.45) is 5.85. The summed E-state index contributed by atoms with van der Waals surface area (Å²) >= 11 is 0. The van der Waals surface area contributed by atoms with Crippen molar-refractivity contribution in [2.45, 2.75) is 58.6 Å². The molecule has 0 aromatic heterocycles. The van der Waals surface area contributed by atoms with Crippen molar-refractivity contribution in [1.82, 2.24) is 0 Å². The maximum Gasteiger partial charge on any atom is 0.156 e. The van der Waals surface area contributed by atoms with E-state index >= 15 is 0 Å². The van der Waals surface area contributed by atoms with E-state index < -0.39 is 0 Å². The molecule has 0 rings (SSSR count). The number of hydrogen-bond acceptors (Lipinski definition) is 2. The van der Waals surface area contributed by atoms with E-state index in [1.165, 1.54) is 0 Å². The maximum atomic E-state index is 5.57. The van der Waals surface area contributed by atoms with Gasteiger partial charge in [0, 0.05) is 13.2 Å². The van der Waals surface area contributed by atoms with Gasteiger partial charge in [-0.05, 0) is 19.3 Å². The van der Waals surface area contributed by atoms with Gasteiger partial charge in [-0.15, -0.1) is 0 Å². The van der Waals surface area contributed by atoms with Crippen molar-refractivity contribution in [3.05, 3.63) is 0 Å². The van der Waals surface area contributed by atoms with Crippen LogP contribution in [0.3, 0.4) is 0 Å². The highest BCUT2D eigenvalue weighted by Crippen LogP contribution is 2.06. The van der Waals surface area contributed by atoms with Crippen LogP contribution in [0.1, 0.15) is 46.0 Å². The zero-order valence-corrected chi connectivity index (χ0v) is 9.63. The van der Waals surface area contributed by atoms with Crippen LogP contribution >= 0.6 is 0 Å². The van der Waals surface area contributed by atoms with Gasteiger partial charge in [0.1, 0.15) is 0 Å². The van der Waals surface area contributed by atoms with E-state index in [-0.39, 0.29) is 6.29 Å². The molecule has 0 aromatic carbocycles. The first-order chi connectivity index (χ1) is 6.85. The average molecular weight is 198 g/mol. The fourth-order valence-corrected chi connectivity index (χ4v) is 1.07.